The number of aliphatic carboxylic acids is 1. The summed E-state index contributed by atoms with van der Waals surface area (Å²) in [5.74, 6) is -0.496. The molecule has 6 nitrogen and oxygen atoms in total. The molecule has 0 bridgehead atoms. The number of amides is 1. The molecule has 8 heteroatoms. The summed E-state index contributed by atoms with van der Waals surface area (Å²) in [6.07, 6.45) is 0.321. The summed E-state index contributed by atoms with van der Waals surface area (Å²) in [5.41, 5.74) is 1.96. The summed E-state index contributed by atoms with van der Waals surface area (Å²) in [6, 6.07) is 18.4. The third-order valence-electron chi connectivity index (χ3n) is 4.59. The van der Waals surface area contributed by atoms with Crippen LogP contribution in [0.4, 0.5) is 0 Å². The molecule has 0 saturated carbocycles. The Labute approximate surface area is 195 Å². The van der Waals surface area contributed by atoms with Gasteiger partial charge in [-0.25, -0.2) is 0 Å². The highest BCUT2D eigenvalue weighted by Gasteiger charge is 2.11. The lowest BCUT2D eigenvalue weighted by Gasteiger charge is -2.10. The molecule has 32 heavy (non-hydrogen) atoms. The second-order valence-electron chi connectivity index (χ2n) is 6.85. The molecule has 0 fully saturated rings. The third kappa shape index (κ3) is 6.01. The molecular formula is C24H18Cl2N2O4. The number of carboxylic acids is 1. The molecule has 3 aromatic carbocycles. The van der Waals surface area contributed by atoms with Crippen molar-refractivity contribution in [2.75, 3.05) is 6.54 Å². The molecule has 1 amide bonds. The Balaban J connectivity index is 1.60. The quantitative estimate of drug-likeness (QED) is 0.469. The van der Waals surface area contributed by atoms with E-state index < -0.39 is 5.97 Å². The minimum atomic E-state index is -0.980. The van der Waals surface area contributed by atoms with E-state index in [1.54, 1.807) is 54.6 Å². The molecule has 0 aliphatic heterocycles. The van der Waals surface area contributed by atoms with Gasteiger partial charge in [-0.3, -0.25) is 9.59 Å². The van der Waals surface area contributed by atoms with E-state index in [0.29, 0.717) is 45.6 Å². The summed E-state index contributed by atoms with van der Waals surface area (Å²) in [6.45, 7) is 0.370. The van der Waals surface area contributed by atoms with Crippen LogP contribution in [-0.2, 0) is 17.6 Å². The number of ether oxygens (including phenoxy) is 1. The van der Waals surface area contributed by atoms with Crippen molar-refractivity contribution in [3.63, 3.8) is 0 Å². The number of nitrogens with zero attached hydrogens (tertiary/aromatic N) is 1. The average Bonchev–Trinajstić information content (AvgIpc) is 2.76. The lowest BCUT2D eigenvalue weighted by atomic mass is 10.1. The molecule has 0 atom stereocenters. The first kappa shape index (κ1) is 23.1. The van der Waals surface area contributed by atoms with Gasteiger partial charge < -0.3 is 15.2 Å². The number of carbonyl (C=O) groups excluding carboxylic acids is 1. The first-order valence-corrected chi connectivity index (χ1v) is 10.4. The Morgan fingerprint density at radius 1 is 1.03 bits per heavy atom. The predicted octanol–water partition coefficient (Wildman–Crippen LogP) is 5.26. The summed E-state index contributed by atoms with van der Waals surface area (Å²) in [7, 11) is 0. The lowest BCUT2D eigenvalue weighted by Crippen LogP contribution is -2.25. The topological polar surface area (TPSA) is 99.4 Å². The number of rotatable bonds is 8. The van der Waals surface area contributed by atoms with Crippen LogP contribution in [0.3, 0.4) is 0 Å². The van der Waals surface area contributed by atoms with Crippen molar-refractivity contribution in [2.45, 2.75) is 12.8 Å². The smallest absolute Gasteiger partial charge is 0.307 e. The van der Waals surface area contributed by atoms with E-state index in [2.05, 4.69) is 5.32 Å². The van der Waals surface area contributed by atoms with E-state index in [-0.39, 0.29) is 17.9 Å². The van der Waals surface area contributed by atoms with Gasteiger partial charge in [-0.2, -0.15) is 5.26 Å². The number of carbonyl (C=O) groups is 2. The van der Waals surface area contributed by atoms with Crippen LogP contribution in [0.25, 0.3) is 0 Å². The van der Waals surface area contributed by atoms with Crippen molar-refractivity contribution >= 4 is 35.1 Å². The average molecular weight is 469 g/mol. The van der Waals surface area contributed by atoms with Crippen molar-refractivity contribution < 1.29 is 19.4 Å². The van der Waals surface area contributed by atoms with Gasteiger partial charge in [0.25, 0.3) is 5.91 Å². The van der Waals surface area contributed by atoms with Crippen LogP contribution < -0.4 is 10.1 Å². The fraction of sp³-hybridized carbons (Fsp3) is 0.125. The van der Waals surface area contributed by atoms with Gasteiger partial charge in [0.1, 0.15) is 17.6 Å². The third-order valence-corrected chi connectivity index (χ3v) is 5.29. The zero-order chi connectivity index (χ0) is 23.1. The van der Waals surface area contributed by atoms with Crippen LogP contribution in [-0.4, -0.2) is 23.5 Å². The Kier molecular flexibility index (Phi) is 7.72. The molecular weight excluding hydrogens is 451 g/mol. The molecule has 0 heterocycles. The zero-order valence-electron chi connectivity index (χ0n) is 16.8. The summed E-state index contributed by atoms with van der Waals surface area (Å²) in [5, 5.41) is 22.1. The maximum Gasteiger partial charge on any atom is 0.307 e. The second-order valence-corrected chi connectivity index (χ2v) is 7.66. The number of nitrogens with one attached hydrogen (secondary N) is 1. The van der Waals surface area contributed by atoms with Crippen LogP contribution in [0.2, 0.25) is 10.0 Å². The summed E-state index contributed by atoms with van der Waals surface area (Å²) in [4.78, 5) is 23.2. The highest BCUT2D eigenvalue weighted by molar-refractivity contribution is 6.36. The van der Waals surface area contributed by atoms with Crippen LogP contribution in [0.5, 0.6) is 11.5 Å². The molecule has 3 aromatic rings. The normalized spacial score (nSPS) is 10.3. The van der Waals surface area contributed by atoms with E-state index >= 15 is 0 Å². The minimum Gasteiger partial charge on any atom is -0.481 e. The van der Waals surface area contributed by atoms with Crippen LogP contribution in [0.15, 0.2) is 60.7 Å². The first-order chi connectivity index (χ1) is 15.4. The van der Waals surface area contributed by atoms with Crippen LogP contribution in [0.1, 0.15) is 27.0 Å². The van der Waals surface area contributed by atoms with Gasteiger partial charge in [0, 0.05) is 22.2 Å². The van der Waals surface area contributed by atoms with E-state index in [9.17, 15) is 14.9 Å². The van der Waals surface area contributed by atoms with Crippen LogP contribution in [0, 0.1) is 11.3 Å². The fourth-order valence-corrected chi connectivity index (χ4v) is 3.60. The largest absolute Gasteiger partial charge is 0.481 e. The van der Waals surface area contributed by atoms with Crippen molar-refractivity contribution in [1.29, 1.82) is 5.26 Å². The molecule has 162 valence electrons. The van der Waals surface area contributed by atoms with E-state index in [0.717, 1.165) is 5.56 Å². The summed E-state index contributed by atoms with van der Waals surface area (Å²) < 4.78 is 5.73. The lowest BCUT2D eigenvalue weighted by molar-refractivity contribution is -0.136. The molecule has 2 N–H and O–H groups in total. The predicted molar refractivity (Wildman–Crippen MR) is 122 cm³/mol. The van der Waals surface area contributed by atoms with Crippen molar-refractivity contribution in [3.05, 3.63) is 93.0 Å². The standard InChI is InChI=1S/C24H18Cl2N2O4/c25-20-2-1-3-21(26)19(20)10-11-28-24(31)16-5-7-18(8-6-16)32-22-9-4-15(13-23(29)30)12-17(22)14-27/h1-9,12H,10-11,13H2,(H,28,31)(H,29,30). The van der Waals surface area contributed by atoms with Crippen LogP contribution >= 0.6 is 23.2 Å². The number of hydrogen-bond donors (Lipinski definition) is 2. The molecule has 0 aromatic heterocycles. The van der Waals surface area contributed by atoms with Crippen molar-refractivity contribution in [2.24, 2.45) is 0 Å². The maximum absolute atomic E-state index is 12.4. The molecule has 0 unspecified atom stereocenters. The molecule has 0 aliphatic carbocycles. The van der Waals surface area contributed by atoms with Gasteiger partial charge in [-0.1, -0.05) is 35.3 Å². The number of benzene rings is 3. The molecule has 0 aliphatic rings. The SMILES string of the molecule is N#Cc1cc(CC(=O)O)ccc1Oc1ccc(C(=O)NCCc2c(Cl)cccc2Cl)cc1. The van der Waals surface area contributed by atoms with Crippen molar-refractivity contribution in [3.8, 4) is 17.6 Å². The van der Waals surface area contributed by atoms with Gasteiger partial charge >= 0.3 is 5.97 Å². The highest BCUT2D eigenvalue weighted by Crippen LogP contribution is 2.27. The van der Waals surface area contributed by atoms with E-state index in [4.69, 9.17) is 33.0 Å². The van der Waals surface area contributed by atoms with Gasteiger partial charge in [0.2, 0.25) is 0 Å². The number of nitriles is 1. The number of hydrogen-bond acceptors (Lipinski definition) is 4. The van der Waals surface area contributed by atoms with E-state index in [1.807, 2.05) is 6.07 Å². The Morgan fingerprint density at radius 2 is 1.72 bits per heavy atom. The maximum atomic E-state index is 12.4. The number of halogens is 2. The second kappa shape index (κ2) is 10.7. The molecule has 3 rings (SSSR count). The molecule has 0 saturated heterocycles. The number of carboxylic acid groups (broad SMARTS) is 1. The first-order valence-electron chi connectivity index (χ1n) is 9.61. The van der Waals surface area contributed by atoms with E-state index in [1.165, 1.54) is 6.07 Å². The Hall–Kier alpha value is -3.53. The molecule has 0 spiro atoms. The monoisotopic (exact) mass is 468 g/mol. The van der Waals surface area contributed by atoms with Gasteiger partial charge in [-0.05, 0) is 66.1 Å². The fourth-order valence-electron chi connectivity index (χ4n) is 3.01. The molecule has 0 radical (unpaired) electrons. The summed E-state index contributed by atoms with van der Waals surface area (Å²) >= 11 is 12.3. The Bertz CT molecular complexity index is 1170. The Morgan fingerprint density at radius 3 is 2.34 bits per heavy atom. The zero-order valence-corrected chi connectivity index (χ0v) is 18.3. The van der Waals surface area contributed by atoms with Crippen molar-refractivity contribution in [1.82, 2.24) is 5.32 Å². The van der Waals surface area contributed by atoms with Gasteiger partial charge in [0.05, 0.1) is 12.0 Å². The minimum absolute atomic E-state index is 0.179. The van der Waals surface area contributed by atoms with Gasteiger partial charge in [0.15, 0.2) is 0 Å². The van der Waals surface area contributed by atoms with Gasteiger partial charge in [-0.15, -0.1) is 0 Å². The highest BCUT2D eigenvalue weighted by atomic mass is 35.5.